The van der Waals surface area contributed by atoms with Gasteiger partial charge in [-0.05, 0) is 48.5 Å². The highest BCUT2D eigenvalue weighted by atomic mass is 32.2. The molecule has 5 rings (SSSR count). The molecule has 8 bridgehead atoms. The number of fused-ring (bicyclic) bond motifs is 8. The van der Waals surface area contributed by atoms with Crippen LogP contribution in [0.15, 0.2) is 132 Å². The third kappa shape index (κ3) is 4.75. The summed E-state index contributed by atoms with van der Waals surface area (Å²) in [5, 5.41) is 0. The smallest absolute Gasteiger partial charge is 0.0320 e. The molecule has 1 aliphatic heterocycles. The quantitative estimate of drug-likeness (QED) is 0.139. The largest absolute Gasteiger partial charge is 0.141 e. The van der Waals surface area contributed by atoms with Crippen LogP contribution in [-0.2, 0) is 0 Å². The normalized spacial score (nSPS) is 13.1. The van der Waals surface area contributed by atoms with Gasteiger partial charge in [-0.3, -0.25) is 0 Å². The molecule has 0 amide bonds. The van der Waals surface area contributed by atoms with Crippen molar-refractivity contribution in [2.24, 2.45) is 0 Å². The Morgan fingerprint density at radius 2 is 0.469 bits per heavy atom. The van der Waals surface area contributed by atoms with Crippen molar-refractivity contribution < 1.29 is 0 Å². The van der Waals surface area contributed by atoms with Crippen LogP contribution in [0.25, 0.3) is 0 Å². The van der Waals surface area contributed by atoms with Gasteiger partial charge in [-0.25, -0.2) is 0 Å². The van der Waals surface area contributed by atoms with E-state index < -0.39 is 0 Å². The first-order valence-corrected chi connectivity index (χ1v) is 14.6. The van der Waals surface area contributed by atoms with Crippen molar-refractivity contribution in [2.45, 2.75) is 58.7 Å². The fourth-order valence-corrected chi connectivity index (χ4v) is 8.87. The number of hydrogen-bond donors (Lipinski definition) is 4. The number of rotatable bonds is 0. The molecule has 4 aromatic rings. The van der Waals surface area contributed by atoms with E-state index in [1.54, 1.807) is 47.0 Å². The van der Waals surface area contributed by atoms with E-state index in [0.29, 0.717) is 0 Å². The SMILES string of the molecule is Sc1c2cccc1Sc1cccc(c1S)Sc1cccc(c1S)Sc1cccc(c1S)S2. The lowest BCUT2D eigenvalue weighted by Gasteiger charge is -2.16. The Hall–Kier alpha value is -0.320. The lowest BCUT2D eigenvalue weighted by Crippen LogP contribution is -1.88. The molecule has 0 unspecified atom stereocenters. The standard InChI is InChI=1S/C24H16S8/c25-21-13-5-1-6-14(21)30-16-8-3-10-18(23(16)27)32-20-12-4-11-19(24(20)28)31-17-9-2-7-15(29-13)22(17)26/h1-12,25-28H. The van der Waals surface area contributed by atoms with Gasteiger partial charge in [0.15, 0.2) is 0 Å². The van der Waals surface area contributed by atoms with Crippen molar-refractivity contribution in [3.8, 4) is 0 Å². The first-order chi connectivity index (χ1) is 15.5. The molecule has 0 aromatic heterocycles. The summed E-state index contributed by atoms with van der Waals surface area (Å²) in [6.45, 7) is 0. The summed E-state index contributed by atoms with van der Waals surface area (Å²) in [5.41, 5.74) is 0. The molecular weight excluding hydrogens is 545 g/mol. The Balaban J connectivity index is 1.71. The van der Waals surface area contributed by atoms with E-state index in [1.807, 2.05) is 0 Å². The molecule has 8 heteroatoms. The molecule has 0 atom stereocenters. The summed E-state index contributed by atoms with van der Waals surface area (Å²) in [7, 11) is 0. The summed E-state index contributed by atoms with van der Waals surface area (Å²) < 4.78 is 0. The average molecular weight is 561 g/mol. The second kappa shape index (κ2) is 10.1. The maximum Gasteiger partial charge on any atom is 0.0320 e. The van der Waals surface area contributed by atoms with E-state index in [2.05, 4.69) is 72.8 Å². The maximum absolute atomic E-state index is 4.89. The molecule has 0 N–H and O–H groups in total. The summed E-state index contributed by atoms with van der Waals surface area (Å²) in [6.07, 6.45) is 0. The zero-order valence-electron chi connectivity index (χ0n) is 16.4. The highest BCUT2D eigenvalue weighted by Crippen LogP contribution is 2.48. The molecule has 160 valence electrons. The summed E-state index contributed by atoms with van der Waals surface area (Å²) in [4.78, 5) is 12.7. The Morgan fingerprint density at radius 3 is 0.625 bits per heavy atom. The summed E-state index contributed by atoms with van der Waals surface area (Å²) in [6, 6.07) is 25.2. The lowest BCUT2D eigenvalue weighted by atomic mass is 10.3. The molecule has 0 radical (unpaired) electrons. The van der Waals surface area contributed by atoms with Crippen molar-refractivity contribution in [1.29, 1.82) is 0 Å². The Kier molecular flexibility index (Phi) is 7.41. The van der Waals surface area contributed by atoms with Crippen molar-refractivity contribution in [3.63, 3.8) is 0 Å². The van der Waals surface area contributed by atoms with Gasteiger partial charge in [-0.15, -0.1) is 50.5 Å². The van der Waals surface area contributed by atoms with Gasteiger partial charge in [0.1, 0.15) is 0 Å². The van der Waals surface area contributed by atoms with E-state index in [9.17, 15) is 0 Å². The van der Waals surface area contributed by atoms with E-state index in [1.165, 1.54) is 0 Å². The molecule has 0 fully saturated rings. The van der Waals surface area contributed by atoms with Crippen LogP contribution >= 0.6 is 97.6 Å². The summed E-state index contributed by atoms with van der Waals surface area (Å²) in [5.74, 6) is 0. The predicted octanol–water partition coefficient (Wildman–Crippen LogP) is 9.76. The fourth-order valence-electron chi connectivity index (χ4n) is 3.14. The highest BCUT2D eigenvalue weighted by molar-refractivity contribution is 8.02. The maximum atomic E-state index is 4.89. The topological polar surface area (TPSA) is 0 Å². The average Bonchev–Trinajstić information content (AvgIpc) is 2.78. The van der Waals surface area contributed by atoms with Gasteiger partial charge < -0.3 is 0 Å². The third-order valence-electron chi connectivity index (χ3n) is 4.73. The van der Waals surface area contributed by atoms with Gasteiger partial charge in [0, 0.05) is 58.7 Å². The van der Waals surface area contributed by atoms with Gasteiger partial charge in [-0.1, -0.05) is 71.3 Å². The molecule has 32 heavy (non-hydrogen) atoms. The molecular formula is C24H16S8. The Morgan fingerprint density at radius 1 is 0.312 bits per heavy atom. The van der Waals surface area contributed by atoms with Gasteiger partial charge in [-0.2, -0.15) is 0 Å². The Labute approximate surface area is 227 Å². The molecule has 0 spiro atoms. The van der Waals surface area contributed by atoms with Gasteiger partial charge in [0.2, 0.25) is 0 Å². The van der Waals surface area contributed by atoms with Crippen LogP contribution in [0.1, 0.15) is 0 Å². The van der Waals surface area contributed by atoms with E-state index in [4.69, 9.17) is 50.5 Å². The third-order valence-corrected chi connectivity index (χ3v) is 12.3. The summed E-state index contributed by atoms with van der Waals surface area (Å²) >= 11 is 26.3. The van der Waals surface area contributed by atoms with Gasteiger partial charge >= 0.3 is 0 Å². The van der Waals surface area contributed by atoms with Gasteiger partial charge in [0.05, 0.1) is 0 Å². The zero-order valence-corrected chi connectivity index (χ0v) is 23.2. The second-order valence-corrected chi connectivity index (χ2v) is 12.9. The van der Waals surface area contributed by atoms with Crippen molar-refractivity contribution in [1.82, 2.24) is 0 Å². The molecule has 4 aromatic carbocycles. The zero-order chi connectivity index (χ0) is 22.2. The molecule has 0 saturated carbocycles. The van der Waals surface area contributed by atoms with E-state index in [-0.39, 0.29) is 0 Å². The van der Waals surface area contributed by atoms with E-state index in [0.717, 1.165) is 58.7 Å². The monoisotopic (exact) mass is 560 g/mol. The van der Waals surface area contributed by atoms with Crippen LogP contribution in [0.3, 0.4) is 0 Å². The number of benzene rings is 4. The molecule has 0 aliphatic carbocycles. The van der Waals surface area contributed by atoms with Gasteiger partial charge in [0.25, 0.3) is 0 Å². The van der Waals surface area contributed by atoms with Crippen molar-refractivity contribution in [2.75, 3.05) is 0 Å². The number of thiol groups is 4. The van der Waals surface area contributed by atoms with Crippen LogP contribution in [0.4, 0.5) is 0 Å². The molecule has 1 aliphatic rings. The van der Waals surface area contributed by atoms with Crippen LogP contribution in [0.2, 0.25) is 0 Å². The molecule has 0 saturated heterocycles. The lowest BCUT2D eigenvalue weighted by molar-refractivity contribution is 1.06. The van der Waals surface area contributed by atoms with Crippen molar-refractivity contribution >= 4 is 97.6 Å². The van der Waals surface area contributed by atoms with E-state index >= 15 is 0 Å². The first kappa shape index (κ1) is 23.4. The molecule has 0 nitrogen and oxygen atoms in total. The minimum Gasteiger partial charge on any atom is -0.141 e. The number of hydrogen-bond acceptors (Lipinski definition) is 8. The highest BCUT2D eigenvalue weighted by Gasteiger charge is 2.17. The minimum absolute atomic E-state index is 0.967. The fraction of sp³-hybridized carbons (Fsp3) is 0. The van der Waals surface area contributed by atoms with Crippen LogP contribution in [-0.4, -0.2) is 0 Å². The minimum atomic E-state index is 0.967. The second-order valence-electron chi connectivity index (χ2n) is 6.82. The molecule has 1 heterocycles. The van der Waals surface area contributed by atoms with Crippen LogP contribution < -0.4 is 0 Å². The van der Waals surface area contributed by atoms with Crippen molar-refractivity contribution in [3.05, 3.63) is 72.8 Å². The Bertz CT molecular complexity index is 1040. The first-order valence-electron chi connectivity index (χ1n) is 9.50. The van der Waals surface area contributed by atoms with Crippen LogP contribution in [0, 0.1) is 0 Å². The predicted molar refractivity (Wildman–Crippen MR) is 151 cm³/mol. The van der Waals surface area contributed by atoms with Crippen LogP contribution in [0.5, 0.6) is 0 Å².